The zero-order chi connectivity index (χ0) is 20.1. The molecule has 5 nitrogen and oxygen atoms in total. The van der Waals surface area contributed by atoms with Gasteiger partial charge >= 0.3 is 0 Å². The molecule has 1 N–H and O–H groups in total. The van der Waals surface area contributed by atoms with Gasteiger partial charge in [-0.1, -0.05) is 25.4 Å². The molecule has 0 amide bonds. The Kier molecular flexibility index (Phi) is 6.92. The fourth-order valence-corrected chi connectivity index (χ4v) is 3.68. The molecule has 2 heterocycles. The lowest BCUT2D eigenvalue weighted by molar-refractivity contribution is 0.295. The first-order chi connectivity index (χ1) is 13.5. The molecule has 28 heavy (non-hydrogen) atoms. The summed E-state index contributed by atoms with van der Waals surface area (Å²) in [6.07, 6.45) is 2.23. The second kappa shape index (κ2) is 9.39. The van der Waals surface area contributed by atoms with Crippen LogP contribution in [0.15, 0.2) is 30.3 Å². The number of anilines is 1. The monoisotopic (exact) mass is 400 g/mol. The first-order valence-corrected chi connectivity index (χ1v) is 10.4. The number of fused-ring (bicyclic) bond motifs is 2. The maximum absolute atomic E-state index is 6.20. The van der Waals surface area contributed by atoms with Crippen LogP contribution in [0.25, 0.3) is 21.9 Å². The van der Waals surface area contributed by atoms with Crippen LogP contribution in [0.2, 0.25) is 5.02 Å². The highest BCUT2D eigenvalue weighted by Gasteiger charge is 2.14. The summed E-state index contributed by atoms with van der Waals surface area (Å²) in [7, 11) is 1.63. The van der Waals surface area contributed by atoms with Crippen molar-refractivity contribution in [2.45, 2.75) is 39.7 Å². The maximum Gasteiger partial charge on any atom is 0.213 e. The van der Waals surface area contributed by atoms with Gasteiger partial charge in [0.05, 0.1) is 23.8 Å². The summed E-state index contributed by atoms with van der Waals surface area (Å²) in [6, 6.07) is 9.90. The Morgan fingerprint density at radius 2 is 1.89 bits per heavy atom. The molecular formula is C22H29ClN4O. The summed E-state index contributed by atoms with van der Waals surface area (Å²) in [5.74, 6) is 0.583. The molecule has 2 aromatic heterocycles. The van der Waals surface area contributed by atoms with Crippen molar-refractivity contribution in [2.24, 2.45) is 0 Å². The van der Waals surface area contributed by atoms with Crippen LogP contribution >= 0.6 is 11.6 Å². The van der Waals surface area contributed by atoms with Gasteiger partial charge in [0.25, 0.3) is 0 Å². The van der Waals surface area contributed by atoms with Crippen LogP contribution in [-0.4, -0.2) is 47.7 Å². The molecule has 0 aliphatic rings. The maximum atomic E-state index is 6.20. The van der Waals surface area contributed by atoms with Gasteiger partial charge in [-0.15, -0.1) is 0 Å². The Labute approximate surface area is 172 Å². The smallest absolute Gasteiger partial charge is 0.213 e. The predicted molar refractivity (Wildman–Crippen MR) is 119 cm³/mol. The molecule has 6 heteroatoms. The first kappa shape index (κ1) is 20.6. The van der Waals surface area contributed by atoms with Crippen LogP contribution in [-0.2, 0) is 0 Å². The van der Waals surface area contributed by atoms with E-state index in [2.05, 4.69) is 36.0 Å². The molecule has 0 fully saturated rings. The molecule has 3 aromatic rings. The van der Waals surface area contributed by atoms with E-state index >= 15 is 0 Å². The summed E-state index contributed by atoms with van der Waals surface area (Å²) in [5.41, 5.74) is 3.51. The van der Waals surface area contributed by atoms with Crippen molar-refractivity contribution in [3.8, 4) is 5.88 Å². The van der Waals surface area contributed by atoms with Crippen molar-refractivity contribution in [3.05, 3.63) is 35.4 Å². The van der Waals surface area contributed by atoms with Crippen molar-refractivity contribution < 1.29 is 4.74 Å². The van der Waals surface area contributed by atoms with Gasteiger partial charge in [0.15, 0.2) is 0 Å². The Balaban J connectivity index is 1.92. The van der Waals surface area contributed by atoms with Gasteiger partial charge in [0, 0.05) is 22.5 Å². The Bertz CT molecular complexity index is 943. The Hall–Kier alpha value is -2.11. The molecule has 0 aliphatic heterocycles. The summed E-state index contributed by atoms with van der Waals surface area (Å²) in [6.45, 7) is 9.97. The van der Waals surface area contributed by atoms with E-state index in [1.165, 1.54) is 0 Å². The molecule has 3 rings (SSSR count). The second-order valence-electron chi connectivity index (χ2n) is 7.08. The van der Waals surface area contributed by atoms with E-state index in [4.69, 9.17) is 21.3 Å². The van der Waals surface area contributed by atoms with E-state index in [-0.39, 0.29) is 0 Å². The highest BCUT2D eigenvalue weighted by molar-refractivity contribution is 6.31. The van der Waals surface area contributed by atoms with Gasteiger partial charge in [-0.3, -0.25) is 0 Å². The minimum Gasteiger partial charge on any atom is -0.481 e. The highest BCUT2D eigenvalue weighted by Crippen LogP contribution is 2.33. The minimum atomic E-state index is 0.313. The third-order valence-electron chi connectivity index (χ3n) is 5.16. The van der Waals surface area contributed by atoms with Crippen molar-refractivity contribution in [2.75, 3.05) is 32.1 Å². The van der Waals surface area contributed by atoms with Crippen LogP contribution in [0, 0.1) is 0 Å². The van der Waals surface area contributed by atoms with E-state index in [0.29, 0.717) is 16.9 Å². The standard InChI is InChI=1S/C22H29ClN4O/c1-5-27(6-2)13-7-8-15(3)24-21-17-10-9-16(23)14-19(17)25-18-11-12-20(28-4)26-22(18)21/h9-12,14-15H,5-8,13H2,1-4H3,(H,24,25)/t15-/m0/s1. The zero-order valence-electron chi connectivity index (χ0n) is 17.1. The fourth-order valence-electron chi connectivity index (χ4n) is 3.51. The number of methoxy groups -OCH3 is 1. The molecular weight excluding hydrogens is 372 g/mol. The second-order valence-corrected chi connectivity index (χ2v) is 7.52. The van der Waals surface area contributed by atoms with Gasteiger partial charge in [-0.2, -0.15) is 0 Å². The van der Waals surface area contributed by atoms with E-state index in [1.54, 1.807) is 7.11 Å². The highest BCUT2D eigenvalue weighted by atomic mass is 35.5. The van der Waals surface area contributed by atoms with E-state index in [1.807, 2.05) is 30.3 Å². The number of aromatic nitrogens is 2. The minimum absolute atomic E-state index is 0.313. The number of pyridine rings is 2. The number of nitrogens with one attached hydrogen (secondary N) is 1. The van der Waals surface area contributed by atoms with Crippen molar-refractivity contribution in [1.29, 1.82) is 0 Å². The summed E-state index contributed by atoms with van der Waals surface area (Å²) in [5, 5.41) is 5.39. The topological polar surface area (TPSA) is 50.3 Å². The molecule has 0 saturated carbocycles. The van der Waals surface area contributed by atoms with Gasteiger partial charge in [0.2, 0.25) is 5.88 Å². The third-order valence-corrected chi connectivity index (χ3v) is 5.40. The van der Waals surface area contributed by atoms with Gasteiger partial charge in [-0.05, 0) is 63.7 Å². The quantitative estimate of drug-likeness (QED) is 0.489. The zero-order valence-corrected chi connectivity index (χ0v) is 17.9. The lowest BCUT2D eigenvalue weighted by Crippen LogP contribution is -2.25. The van der Waals surface area contributed by atoms with Crippen molar-refractivity contribution in [3.63, 3.8) is 0 Å². The molecule has 0 unspecified atom stereocenters. The normalized spacial score (nSPS) is 12.6. The third kappa shape index (κ3) is 4.65. The summed E-state index contributed by atoms with van der Waals surface area (Å²) >= 11 is 6.20. The van der Waals surface area contributed by atoms with Crippen molar-refractivity contribution in [1.82, 2.24) is 14.9 Å². The van der Waals surface area contributed by atoms with Crippen LogP contribution < -0.4 is 10.1 Å². The predicted octanol–water partition coefficient (Wildman–Crippen LogP) is 5.37. The number of rotatable bonds is 9. The number of halogens is 1. The largest absolute Gasteiger partial charge is 0.481 e. The van der Waals surface area contributed by atoms with E-state index in [9.17, 15) is 0 Å². The van der Waals surface area contributed by atoms with Gasteiger partial charge < -0.3 is 15.0 Å². The van der Waals surface area contributed by atoms with Crippen molar-refractivity contribution >= 4 is 39.2 Å². The van der Waals surface area contributed by atoms with E-state index in [0.717, 1.165) is 60.1 Å². The molecule has 0 spiro atoms. The number of hydrogen-bond donors (Lipinski definition) is 1. The summed E-state index contributed by atoms with van der Waals surface area (Å²) < 4.78 is 5.34. The number of ether oxygens (including phenoxy) is 1. The lowest BCUT2D eigenvalue weighted by Gasteiger charge is -2.21. The summed E-state index contributed by atoms with van der Waals surface area (Å²) in [4.78, 5) is 11.9. The first-order valence-electron chi connectivity index (χ1n) is 9.98. The van der Waals surface area contributed by atoms with Gasteiger partial charge in [-0.25, -0.2) is 9.97 Å². The molecule has 150 valence electrons. The number of nitrogens with zero attached hydrogens (tertiary/aromatic N) is 3. The molecule has 0 aliphatic carbocycles. The molecule has 1 atom stereocenters. The molecule has 0 bridgehead atoms. The number of benzene rings is 1. The molecule has 0 saturated heterocycles. The average molecular weight is 401 g/mol. The Morgan fingerprint density at radius 1 is 1.11 bits per heavy atom. The van der Waals surface area contributed by atoms with Crippen LogP contribution in [0.4, 0.5) is 5.69 Å². The van der Waals surface area contributed by atoms with Crippen LogP contribution in [0.5, 0.6) is 5.88 Å². The van der Waals surface area contributed by atoms with Crippen LogP contribution in [0.3, 0.4) is 0 Å². The lowest BCUT2D eigenvalue weighted by atomic mass is 10.1. The molecule has 0 radical (unpaired) electrons. The average Bonchev–Trinajstić information content (AvgIpc) is 2.70. The fraction of sp³-hybridized carbons (Fsp3) is 0.455. The van der Waals surface area contributed by atoms with E-state index < -0.39 is 0 Å². The molecule has 1 aromatic carbocycles. The SMILES string of the molecule is CCN(CC)CCC[C@H](C)Nc1c2ccc(Cl)cc2nc2ccc(OC)nc12. The van der Waals surface area contributed by atoms with Crippen LogP contribution in [0.1, 0.15) is 33.6 Å². The Morgan fingerprint density at radius 3 is 2.61 bits per heavy atom. The number of hydrogen-bond acceptors (Lipinski definition) is 5. The van der Waals surface area contributed by atoms with Gasteiger partial charge in [0.1, 0.15) is 5.52 Å².